The highest BCUT2D eigenvalue weighted by Gasteiger charge is 2.22. The van der Waals surface area contributed by atoms with E-state index in [1.54, 1.807) is 0 Å². The number of aromatic hydroxyl groups is 4. The van der Waals surface area contributed by atoms with Crippen molar-refractivity contribution in [1.29, 1.82) is 0 Å². The largest absolute Gasteiger partial charge is 0.504 e. The van der Waals surface area contributed by atoms with Gasteiger partial charge < -0.3 is 30.6 Å². The van der Waals surface area contributed by atoms with Gasteiger partial charge in [0.25, 0.3) is 0 Å². The van der Waals surface area contributed by atoms with Crippen LogP contribution in [0.2, 0.25) is 0 Å². The van der Waals surface area contributed by atoms with Crippen LogP contribution in [0, 0.1) is 0 Å². The summed E-state index contributed by atoms with van der Waals surface area (Å²) in [5, 5.41) is 57.2. The lowest BCUT2D eigenvalue weighted by atomic mass is 9.97. The third-order valence-electron chi connectivity index (χ3n) is 2.98. The standard InChI is InChI=1S/C14H14O6/c15-9-3-1-7(5-11(9)17)13(19)14(20)8-2-4-10(16)12(18)6-8/h1-6,13-20H. The normalized spacial score (nSPS) is 13.9. The molecule has 0 heterocycles. The van der Waals surface area contributed by atoms with Crippen LogP contribution in [0.3, 0.4) is 0 Å². The van der Waals surface area contributed by atoms with E-state index >= 15 is 0 Å². The van der Waals surface area contributed by atoms with Gasteiger partial charge in [-0.15, -0.1) is 0 Å². The van der Waals surface area contributed by atoms with Crippen molar-refractivity contribution in [3.63, 3.8) is 0 Å². The Kier molecular flexibility index (Phi) is 3.69. The molecule has 2 aromatic rings. The molecular weight excluding hydrogens is 264 g/mol. The summed E-state index contributed by atoms with van der Waals surface area (Å²) in [6.07, 6.45) is -2.74. The van der Waals surface area contributed by atoms with E-state index in [1.807, 2.05) is 0 Å². The predicted octanol–water partition coefficient (Wildman–Crippen LogP) is 1.28. The second kappa shape index (κ2) is 5.28. The van der Waals surface area contributed by atoms with E-state index in [2.05, 4.69) is 0 Å². The van der Waals surface area contributed by atoms with Gasteiger partial charge in [-0.2, -0.15) is 0 Å². The van der Waals surface area contributed by atoms with Crippen LogP contribution in [-0.2, 0) is 0 Å². The molecule has 0 saturated heterocycles. The monoisotopic (exact) mass is 278 g/mol. The molecule has 0 aromatic heterocycles. The first-order valence-electron chi connectivity index (χ1n) is 5.80. The first-order chi connectivity index (χ1) is 9.40. The lowest BCUT2D eigenvalue weighted by molar-refractivity contribution is 0.0170. The van der Waals surface area contributed by atoms with Gasteiger partial charge in [0, 0.05) is 0 Å². The van der Waals surface area contributed by atoms with Crippen LogP contribution in [0.25, 0.3) is 0 Å². The SMILES string of the molecule is Oc1ccc(C(O)C(O)c2ccc(O)c(O)c2)cc1O. The van der Waals surface area contributed by atoms with Crippen LogP contribution in [-0.4, -0.2) is 30.6 Å². The highest BCUT2D eigenvalue weighted by Crippen LogP contribution is 2.36. The van der Waals surface area contributed by atoms with Crippen LogP contribution in [0.4, 0.5) is 0 Å². The summed E-state index contributed by atoms with van der Waals surface area (Å²) in [5.41, 5.74) is 0.390. The molecule has 6 N–H and O–H groups in total. The maximum Gasteiger partial charge on any atom is 0.157 e. The van der Waals surface area contributed by atoms with E-state index in [9.17, 15) is 30.6 Å². The van der Waals surface area contributed by atoms with E-state index in [0.29, 0.717) is 0 Å². The lowest BCUT2D eigenvalue weighted by Gasteiger charge is -2.19. The van der Waals surface area contributed by atoms with Gasteiger partial charge in [0.2, 0.25) is 0 Å². The van der Waals surface area contributed by atoms with Crippen molar-refractivity contribution < 1.29 is 30.6 Å². The van der Waals surface area contributed by atoms with Crippen molar-refractivity contribution in [2.45, 2.75) is 12.2 Å². The minimum atomic E-state index is -1.37. The molecule has 0 aliphatic carbocycles. The number of hydrogen-bond donors (Lipinski definition) is 6. The predicted molar refractivity (Wildman–Crippen MR) is 69.5 cm³/mol. The summed E-state index contributed by atoms with van der Waals surface area (Å²) < 4.78 is 0. The number of aliphatic hydroxyl groups excluding tert-OH is 2. The average Bonchev–Trinajstić information content (AvgIpc) is 2.43. The summed E-state index contributed by atoms with van der Waals surface area (Å²) in [6.45, 7) is 0. The Balaban J connectivity index is 2.29. The summed E-state index contributed by atoms with van der Waals surface area (Å²) in [5.74, 6) is -1.50. The summed E-state index contributed by atoms with van der Waals surface area (Å²) in [7, 11) is 0. The number of phenols is 4. The highest BCUT2D eigenvalue weighted by atomic mass is 16.3. The first-order valence-corrected chi connectivity index (χ1v) is 5.80. The maximum atomic E-state index is 10.0. The molecule has 0 saturated carbocycles. The zero-order valence-corrected chi connectivity index (χ0v) is 10.3. The number of rotatable bonds is 3. The fraction of sp³-hybridized carbons (Fsp3) is 0.143. The molecule has 106 valence electrons. The average molecular weight is 278 g/mol. The zero-order valence-electron chi connectivity index (χ0n) is 10.3. The molecule has 2 rings (SSSR count). The van der Waals surface area contributed by atoms with Crippen LogP contribution < -0.4 is 0 Å². The fourth-order valence-corrected chi connectivity index (χ4v) is 1.81. The first kappa shape index (κ1) is 14.0. The van der Waals surface area contributed by atoms with Crippen molar-refractivity contribution in [1.82, 2.24) is 0 Å². The van der Waals surface area contributed by atoms with Gasteiger partial charge in [-0.05, 0) is 35.4 Å². The van der Waals surface area contributed by atoms with Gasteiger partial charge in [0.1, 0.15) is 12.2 Å². The van der Waals surface area contributed by atoms with Crippen molar-refractivity contribution in [3.8, 4) is 23.0 Å². The smallest absolute Gasteiger partial charge is 0.157 e. The minimum Gasteiger partial charge on any atom is -0.504 e. The Morgan fingerprint density at radius 1 is 0.550 bits per heavy atom. The van der Waals surface area contributed by atoms with Gasteiger partial charge in [-0.1, -0.05) is 12.1 Å². The second-order valence-corrected chi connectivity index (χ2v) is 4.39. The topological polar surface area (TPSA) is 121 Å². The molecule has 0 amide bonds. The van der Waals surface area contributed by atoms with E-state index in [1.165, 1.54) is 24.3 Å². The van der Waals surface area contributed by atoms with Gasteiger partial charge in [-0.3, -0.25) is 0 Å². The maximum absolute atomic E-state index is 10.0. The van der Waals surface area contributed by atoms with Crippen molar-refractivity contribution in [2.24, 2.45) is 0 Å². The molecule has 2 atom stereocenters. The number of hydrogen-bond acceptors (Lipinski definition) is 6. The molecule has 0 fully saturated rings. The zero-order chi connectivity index (χ0) is 14.9. The molecule has 0 radical (unpaired) electrons. The van der Waals surface area contributed by atoms with E-state index in [4.69, 9.17) is 0 Å². The van der Waals surface area contributed by atoms with Crippen molar-refractivity contribution in [2.75, 3.05) is 0 Å². The van der Waals surface area contributed by atoms with Gasteiger partial charge >= 0.3 is 0 Å². The van der Waals surface area contributed by atoms with Gasteiger partial charge in [-0.25, -0.2) is 0 Å². The van der Waals surface area contributed by atoms with Crippen molar-refractivity contribution >= 4 is 0 Å². The summed E-state index contributed by atoms with van der Waals surface area (Å²) in [4.78, 5) is 0. The van der Waals surface area contributed by atoms with Crippen LogP contribution >= 0.6 is 0 Å². The number of aliphatic hydroxyl groups is 2. The molecule has 6 heteroatoms. The van der Waals surface area contributed by atoms with E-state index < -0.39 is 23.7 Å². The summed E-state index contributed by atoms with van der Waals surface area (Å²) >= 11 is 0. The summed E-state index contributed by atoms with van der Waals surface area (Å²) in [6, 6.07) is 7.34. The Hall–Kier alpha value is -2.44. The second-order valence-electron chi connectivity index (χ2n) is 4.39. The molecule has 0 spiro atoms. The molecule has 0 aliphatic heterocycles. The van der Waals surface area contributed by atoms with E-state index in [-0.39, 0.29) is 22.6 Å². The third kappa shape index (κ3) is 2.61. The number of phenolic OH excluding ortho intramolecular Hbond substituents is 4. The van der Waals surface area contributed by atoms with Crippen LogP contribution in [0.1, 0.15) is 23.3 Å². The number of benzene rings is 2. The molecule has 2 unspecified atom stereocenters. The van der Waals surface area contributed by atoms with Crippen molar-refractivity contribution in [3.05, 3.63) is 47.5 Å². The van der Waals surface area contributed by atoms with Gasteiger partial charge in [0.05, 0.1) is 0 Å². The quantitative estimate of drug-likeness (QED) is 0.470. The highest BCUT2D eigenvalue weighted by molar-refractivity contribution is 5.44. The Labute approximate surface area is 114 Å². The minimum absolute atomic E-state index is 0.195. The van der Waals surface area contributed by atoms with E-state index in [0.717, 1.165) is 12.1 Å². The molecular formula is C14H14O6. The van der Waals surface area contributed by atoms with Crippen LogP contribution in [0.15, 0.2) is 36.4 Å². The molecule has 2 aromatic carbocycles. The third-order valence-corrected chi connectivity index (χ3v) is 2.98. The fourth-order valence-electron chi connectivity index (χ4n) is 1.81. The molecule has 6 nitrogen and oxygen atoms in total. The molecule has 0 bridgehead atoms. The Morgan fingerprint density at radius 2 is 0.900 bits per heavy atom. The lowest BCUT2D eigenvalue weighted by Crippen LogP contribution is -2.10. The molecule has 20 heavy (non-hydrogen) atoms. The Bertz CT molecular complexity index is 570. The Morgan fingerprint density at radius 3 is 1.20 bits per heavy atom. The molecule has 0 aliphatic rings. The van der Waals surface area contributed by atoms with Crippen LogP contribution in [0.5, 0.6) is 23.0 Å². The van der Waals surface area contributed by atoms with Gasteiger partial charge in [0.15, 0.2) is 23.0 Å².